The Bertz CT molecular complexity index is 1800. The molecule has 0 spiro atoms. The van der Waals surface area contributed by atoms with Crippen molar-refractivity contribution in [3.05, 3.63) is 115 Å². The van der Waals surface area contributed by atoms with Crippen LogP contribution in [0.25, 0.3) is 38.6 Å². The van der Waals surface area contributed by atoms with Crippen molar-refractivity contribution in [1.29, 1.82) is 0 Å². The maximum Gasteiger partial charge on any atom is 0.130 e. The highest BCUT2D eigenvalue weighted by molar-refractivity contribution is 7.85. The third-order valence-corrected chi connectivity index (χ3v) is 8.38. The highest BCUT2D eigenvalue weighted by atomic mass is 32.2. The molecule has 38 heavy (non-hydrogen) atoms. The first-order valence-electron chi connectivity index (χ1n) is 12.4. The largest absolute Gasteiger partial charge is 0.496 e. The zero-order valence-electron chi connectivity index (χ0n) is 21.5. The molecule has 0 aliphatic heterocycles. The Morgan fingerprint density at radius 1 is 0.658 bits per heavy atom. The fourth-order valence-corrected chi connectivity index (χ4v) is 6.30. The molecule has 188 valence electrons. The zero-order valence-corrected chi connectivity index (χ0v) is 22.3. The van der Waals surface area contributed by atoms with E-state index in [0.717, 1.165) is 65.5 Å². The molecular weight excluding hydrogens is 490 g/mol. The van der Waals surface area contributed by atoms with Crippen molar-refractivity contribution in [2.24, 2.45) is 0 Å². The second-order valence-corrected chi connectivity index (χ2v) is 10.6. The Labute approximate surface area is 224 Å². The molecule has 1 aromatic heterocycles. The van der Waals surface area contributed by atoms with E-state index in [9.17, 15) is 4.21 Å². The van der Waals surface area contributed by atoms with Gasteiger partial charge in [0.05, 0.1) is 52.2 Å². The number of hydrogen-bond acceptors (Lipinski definition) is 3. The number of benzene rings is 5. The standard InChI is InChI=1S/C33H27NO3S/c1-22-15-18-24(19-16-22)38(35)32-14-7-6-11-28(32)34-27-10-5-4-9-25(27)26-20-17-23(21-29(26)34)33-30(36-2)12-8-13-31(33)37-3/h4-21H,1-3H3/t38-/m0/s1. The Hall–Kier alpha value is -4.35. The summed E-state index contributed by atoms with van der Waals surface area (Å²) in [5, 5.41) is 2.26. The predicted molar refractivity (Wildman–Crippen MR) is 155 cm³/mol. The van der Waals surface area contributed by atoms with Crippen LogP contribution in [-0.2, 0) is 10.8 Å². The van der Waals surface area contributed by atoms with Crippen LogP contribution in [0.2, 0.25) is 0 Å². The van der Waals surface area contributed by atoms with Gasteiger partial charge in [0, 0.05) is 15.7 Å². The van der Waals surface area contributed by atoms with Crippen LogP contribution in [0.5, 0.6) is 11.5 Å². The summed E-state index contributed by atoms with van der Waals surface area (Å²) in [5.74, 6) is 1.49. The van der Waals surface area contributed by atoms with Crippen LogP contribution >= 0.6 is 0 Å². The molecule has 0 radical (unpaired) electrons. The molecule has 6 rings (SSSR count). The average molecular weight is 518 g/mol. The van der Waals surface area contributed by atoms with Crippen molar-refractivity contribution in [3.63, 3.8) is 0 Å². The van der Waals surface area contributed by atoms with E-state index in [-0.39, 0.29) is 0 Å². The lowest BCUT2D eigenvalue weighted by atomic mass is 10.0. The predicted octanol–water partition coefficient (Wildman–Crippen LogP) is 7.94. The second kappa shape index (κ2) is 9.84. The van der Waals surface area contributed by atoms with Crippen LogP contribution in [0, 0.1) is 6.92 Å². The van der Waals surface area contributed by atoms with E-state index in [1.54, 1.807) is 14.2 Å². The van der Waals surface area contributed by atoms with E-state index in [1.165, 1.54) is 0 Å². The van der Waals surface area contributed by atoms with Gasteiger partial charge >= 0.3 is 0 Å². The first-order valence-corrected chi connectivity index (χ1v) is 13.6. The minimum absolute atomic E-state index is 0.743. The minimum atomic E-state index is -1.35. The van der Waals surface area contributed by atoms with Crippen molar-refractivity contribution >= 4 is 32.6 Å². The van der Waals surface area contributed by atoms with E-state index >= 15 is 0 Å². The number of nitrogens with zero attached hydrogens (tertiary/aromatic N) is 1. The molecule has 1 heterocycles. The molecule has 0 bridgehead atoms. The van der Waals surface area contributed by atoms with Crippen LogP contribution in [0.4, 0.5) is 0 Å². The Morgan fingerprint density at radius 3 is 2.05 bits per heavy atom. The zero-order chi connectivity index (χ0) is 26.2. The molecule has 0 N–H and O–H groups in total. The van der Waals surface area contributed by atoms with Crippen molar-refractivity contribution < 1.29 is 13.7 Å². The summed E-state index contributed by atoms with van der Waals surface area (Å²) in [7, 11) is 1.99. The minimum Gasteiger partial charge on any atom is -0.496 e. The van der Waals surface area contributed by atoms with Gasteiger partial charge in [-0.25, -0.2) is 4.21 Å². The number of para-hydroxylation sites is 2. The summed E-state index contributed by atoms with van der Waals surface area (Å²) in [6.45, 7) is 2.03. The van der Waals surface area contributed by atoms with Crippen molar-refractivity contribution in [3.8, 4) is 28.3 Å². The number of aromatic nitrogens is 1. The van der Waals surface area contributed by atoms with Gasteiger partial charge in [-0.05, 0) is 61.0 Å². The average Bonchev–Trinajstić information content (AvgIpc) is 3.30. The molecule has 0 fully saturated rings. The van der Waals surface area contributed by atoms with Gasteiger partial charge < -0.3 is 14.0 Å². The van der Waals surface area contributed by atoms with Crippen LogP contribution in [0.1, 0.15) is 5.56 Å². The topological polar surface area (TPSA) is 40.5 Å². The summed E-state index contributed by atoms with van der Waals surface area (Å²) in [5.41, 5.74) is 5.98. The number of aryl methyl sites for hydroxylation is 1. The molecule has 0 aliphatic rings. The smallest absolute Gasteiger partial charge is 0.130 e. The van der Waals surface area contributed by atoms with Gasteiger partial charge in [0.2, 0.25) is 0 Å². The molecule has 0 saturated carbocycles. The molecule has 1 atom stereocenters. The van der Waals surface area contributed by atoms with Crippen molar-refractivity contribution in [2.45, 2.75) is 16.7 Å². The Kier molecular flexibility index (Phi) is 6.22. The van der Waals surface area contributed by atoms with E-state index in [2.05, 4.69) is 41.0 Å². The van der Waals surface area contributed by atoms with Crippen molar-refractivity contribution in [2.75, 3.05) is 14.2 Å². The SMILES string of the molecule is COc1cccc(OC)c1-c1ccc2c3ccccc3n(-c3ccccc3[S@@](=O)c3ccc(C)cc3)c2c1. The number of methoxy groups -OCH3 is 2. The fraction of sp³-hybridized carbons (Fsp3) is 0.0909. The Morgan fingerprint density at radius 2 is 1.32 bits per heavy atom. The van der Waals surface area contributed by atoms with E-state index in [0.29, 0.717) is 0 Å². The molecule has 0 amide bonds. The van der Waals surface area contributed by atoms with Gasteiger partial charge in [0.25, 0.3) is 0 Å². The summed E-state index contributed by atoms with van der Waals surface area (Å²) >= 11 is 0. The molecule has 4 nitrogen and oxygen atoms in total. The van der Waals surface area contributed by atoms with E-state index in [1.807, 2.05) is 79.7 Å². The van der Waals surface area contributed by atoms with Gasteiger partial charge in [-0.3, -0.25) is 0 Å². The summed E-state index contributed by atoms with van der Waals surface area (Å²) in [6, 6.07) is 36.4. The molecule has 6 aromatic rings. The van der Waals surface area contributed by atoms with Crippen LogP contribution in [-0.4, -0.2) is 23.0 Å². The molecule has 0 aliphatic carbocycles. The van der Waals surface area contributed by atoms with E-state index in [4.69, 9.17) is 9.47 Å². The van der Waals surface area contributed by atoms with E-state index < -0.39 is 10.8 Å². The number of rotatable bonds is 6. The van der Waals surface area contributed by atoms with Gasteiger partial charge in [-0.1, -0.05) is 66.2 Å². The maximum absolute atomic E-state index is 13.9. The third kappa shape index (κ3) is 3.96. The monoisotopic (exact) mass is 517 g/mol. The quantitative estimate of drug-likeness (QED) is 0.225. The van der Waals surface area contributed by atoms with Gasteiger partial charge in [-0.2, -0.15) is 0 Å². The lowest BCUT2D eigenvalue weighted by Crippen LogP contribution is -2.02. The number of ether oxygens (including phenoxy) is 2. The summed E-state index contributed by atoms with van der Waals surface area (Å²) in [4.78, 5) is 1.54. The fourth-order valence-electron chi connectivity index (χ4n) is 5.11. The summed E-state index contributed by atoms with van der Waals surface area (Å²) < 4.78 is 27.5. The third-order valence-electron chi connectivity index (χ3n) is 6.93. The highest BCUT2D eigenvalue weighted by Crippen LogP contribution is 2.42. The van der Waals surface area contributed by atoms with Crippen molar-refractivity contribution in [1.82, 2.24) is 4.57 Å². The number of fused-ring (bicyclic) bond motifs is 3. The highest BCUT2D eigenvalue weighted by Gasteiger charge is 2.20. The maximum atomic E-state index is 13.9. The lowest BCUT2D eigenvalue weighted by Gasteiger charge is -2.15. The Balaban J connectivity index is 1.64. The molecule has 0 unspecified atom stereocenters. The number of hydrogen-bond donors (Lipinski definition) is 0. The van der Waals surface area contributed by atoms with Crippen LogP contribution in [0.15, 0.2) is 119 Å². The first-order chi connectivity index (χ1) is 18.6. The van der Waals surface area contributed by atoms with Crippen LogP contribution in [0.3, 0.4) is 0 Å². The van der Waals surface area contributed by atoms with Gasteiger partial charge in [0.15, 0.2) is 0 Å². The normalized spacial score (nSPS) is 12.1. The molecular formula is C33H27NO3S. The summed E-state index contributed by atoms with van der Waals surface area (Å²) in [6.07, 6.45) is 0. The first kappa shape index (κ1) is 24.0. The molecule has 5 heteroatoms. The van der Waals surface area contributed by atoms with Crippen LogP contribution < -0.4 is 9.47 Å². The molecule has 5 aromatic carbocycles. The van der Waals surface area contributed by atoms with Gasteiger partial charge in [-0.15, -0.1) is 0 Å². The lowest BCUT2D eigenvalue weighted by molar-refractivity contribution is 0.397. The second-order valence-electron chi connectivity index (χ2n) is 9.17. The molecule has 0 saturated heterocycles. The van der Waals surface area contributed by atoms with Gasteiger partial charge in [0.1, 0.15) is 11.5 Å².